The van der Waals surface area contributed by atoms with Crippen molar-refractivity contribution in [2.75, 3.05) is 28.4 Å². The van der Waals surface area contributed by atoms with Gasteiger partial charge in [0.15, 0.2) is 0 Å². The molecular weight excluding hydrogens is 809 g/mol. The minimum atomic E-state index is -0.165. The molecule has 0 amide bonds. The molecule has 66 heavy (non-hydrogen) atoms. The van der Waals surface area contributed by atoms with Crippen LogP contribution < -0.4 is 18.9 Å². The lowest BCUT2D eigenvalue weighted by molar-refractivity contribution is 0.414. The van der Waals surface area contributed by atoms with E-state index in [2.05, 4.69) is 137 Å². The lowest BCUT2D eigenvalue weighted by atomic mass is 9.81. The Kier molecular flexibility index (Phi) is 14.1. The smallest absolute Gasteiger partial charge is 0.118 e. The molecule has 0 heterocycles. The molecule has 7 aromatic carbocycles. The summed E-state index contributed by atoms with van der Waals surface area (Å²) in [5, 5.41) is 0. The van der Waals surface area contributed by atoms with Gasteiger partial charge in [-0.25, -0.2) is 0 Å². The molecule has 0 fully saturated rings. The molecule has 0 N–H and O–H groups in total. The van der Waals surface area contributed by atoms with E-state index >= 15 is 0 Å². The first-order valence-electron chi connectivity index (χ1n) is 21.9. The first-order chi connectivity index (χ1) is 31.7. The molecule has 326 valence electrons. The number of hydrogen-bond donors (Lipinski definition) is 0. The molecule has 4 nitrogen and oxygen atoms in total. The Labute approximate surface area is 392 Å². The van der Waals surface area contributed by atoms with Crippen LogP contribution in [-0.4, -0.2) is 28.4 Å². The normalized spacial score (nSPS) is 10.7. The van der Waals surface area contributed by atoms with Gasteiger partial charge in [0, 0.05) is 55.6 Å². The van der Waals surface area contributed by atoms with Crippen molar-refractivity contribution in [3.05, 3.63) is 201 Å². The number of methoxy groups -OCH3 is 4. The molecule has 7 aromatic rings. The Morgan fingerprint density at radius 3 is 0.682 bits per heavy atom. The van der Waals surface area contributed by atoms with E-state index in [1.165, 1.54) is 0 Å². The van der Waals surface area contributed by atoms with Crippen LogP contribution in [0.2, 0.25) is 0 Å². The van der Waals surface area contributed by atoms with Crippen molar-refractivity contribution in [3.63, 3.8) is 0 Å². The summed E-state index contributed by atoms with van der Waals surface area (Å²) in [6.45, 7) is 13.3. The van der Waals surface area contributed by atoms with E-state index in [-0.39, 0.29) is 10.8 Å². The molecule has 0 bridgehead atoms. The summed E-state index contributed by atoms with van der Waals surface area (Å²) in [4.78, 5) is 0. The molecule has 0 radical (unpaired) electrons. The minimum absolute atomic E-state index is 0.165. The monoisotopic (exact) mass is 862 g/mol. The van der Waals surface area contributed by atoms with Crippen molar-refractivity contribution in [3.8, 4) is 92.6 Å². The summed E-state index contributed by atoms with van der Waals surface area (Å²) >= 11 is 0. The standard InChI is InChI=1S/C62H54O4/c1-61(2,3)53-39-49(23-11-43-15-31-55(63-7)32-16-43)59(50(40-53)24-12-44-17-33-56(64-8)34-18-44)47-27-29-48(30-28-47)60-51(25-13-45-19-35-57(65-9)36-20-45)41-54(62(4,5)6)42-52(60)26-14-46-21-37-58(66-10)38-22-46/h15-22,27-42H,1-10H3. The summed E-state index contributed by atoms with van der Waals surface area (Å²) in [6, 6.07) is 48.8. The highest BCUT2D eigenvalue weighted by Gasteiger charge is 2.22. The fraction of sp³-hybridized carbons (Fsp3) is 0.194. The van der Waals surface area contributed by atoms with Crippen LogP contribution in [0.5, 0.6) is 23.0 Å². The van der Waals surface area contributed by atoms with Gasteiger partial charge in [-0.1, -0.05) is 113 Å². The second-order valence-corrected chi connectivity index (χ2v) is 17.9. The highest BCUT2D eigenvalue weighted by Crippen LogP contribution is 2.37. The van der Waals surface area contributed by atoms with Crippen molar-refractivity contribution in [2.45, 2.75) is 52.4 Å². The zero-order valence-corrected chi connectivity index (χ0v) is 39.5. The first kappa shape index (κ1) is 46.0. The minimum Gasteiger partial charge on any atom is -0.497 e. The summed E-state index contributed by atoms with van der Waals surface area (Å²) in [5.41, 5.74) is 12.9. The van der Waals surface area contributed by atoms with Crippen LogP contribution in [0.25, 0.3) is 22.3 Å². The van der Waals surface area contributed by atoms with Crippen LogP contribution in [-0.2, 0) is 10.8 Å². The summed E-state index contributed by atoms with van der Waals surface area (Å²) in [6.07, 6.45) is 0. The maximum Gasteiger partial charge on any atom is 0.118 e. The highest BCUT2D eigenvalue weighted by atomic mass is 16.5. The van der Waals surface area contributed by atoms with E-state index in [1.54, 1.807) is 28.4 Å². The van der Waals surface area contributed by atoms with E-state index in [0.29, 0.717) is 0 Å². The highest BCUT2D eigenvalue weighted by molar-refractivity contribution is 5.84. The second kappa shape index (κ2) is 20.2. The van der Waals surface area contributed by atoms with Crippen molar-refractivity contribution < 1.29 is 18.9 Å². The van der Waals surface area contributed by atoms with Gasteiger partial charge in [0.1, 0.15) is 23.0 Å². The third-order valence-electron chi connectivity index (χ3n) is 11.2. The van der Waals surface area contributed by atoms with Gasteiger partial charge in [0.25, 0.3) is 0 Å². The van der Waals surface area contributed by atoms with Crippen LogP contribution in [0.3, 0.4) is 0 Å². The SMILES string of the molecule is COc1ccc(C#Cc2cc(C(C)(C)C)cc(C#Cc3ccc(OC)cc3)c2-c2ccc(-c3c(C#Cc4ccc(OC)cc4)cc(C(C)(C)C)cc3C#Cc3ccc(OC)cc3)cc2)cc1. The van der Waals surface area contributed by atoms with Crippen LogP contribution in [0.1, 0.15) is 97.2 Å². The Morgan fingerprint density at radius 1 is 0.288 bits per heavy atom. The van der Waals surface area contributed by atoms with Gasteiger partial charge in [-0.15, -0.1) is 0 Å². The zero-order chi connectivity index (χ0) is 46.8. The molecule has 0 atom stereocenters. The van der Waals surface area contributed by atoms with Gasteiger partial charge in [0.05, 0.1) is 28.4 Å². The molecule has 7 rings (SSSR count). The Balaban J connectivity index is 1.44. The summed E-state index contributed by atoms with van der Waals surface area (Å²) in [5.74, 6) is 31.2. The molecule has 0 aliphatic rings. The van der Waals surface area contributed by atoms with Crippen LogP contribution in [0.15, 0.2) is 146 Å². The van der Waals surface area contributed by atoms with Gasteiger partial charge in [0.2, 0.25) is 0 Å². The molecule has 0 aliphatic carbocycles. The van der Waals surface area contributed by atoms with E-state index < -0.39 is 0 Å². The molecule has 0 aliphatic heterocycles. The predicted molar refractivity (Wildman–Crippen MR) is 271 cm³/mol. The van der Waals surface area contributed by atoms with Crippen molar-refractivity contribution >= 4 is 0 Å². The van der Waals surface area contributed by atoms with Crippen molar-refractivity contribution in [2.24, 2.45) is 0 Å². The Morgan fingerprint density at radius 2 is 0.500 bits per heavy atom. The quantitative estimate of drug-likeness (QED) is 0.156. The maximum atomic E-state index is 5.42. The Hall–Kier alpha value is -8.02. The van der Waals surface area contributed by atoms with Crippen LogP contribution in [0.4, 0.5) is 0 Å². The topological polar surface area (TPSA) is 36.9 Å². The first-order valence-corrected chi connectivity index (χ1v) is 21.9. The number of ether oxygens (including phenoxy) is 4. The molecule has 4 heteroatoms. The molecule has 0 unspecified atom stereocenters. The lowest BCUT2D eigenvalue weighted by Gasteiger charge is -2.22. The van der Waals surface area contributed by atoms with Gasteiger partial charge < -0.3 is 18.9 Å². The van der Waals surface area contributed by atoms with Gasteiger partial charge in [-0.05, 0) is 154 Å². The van der Waals surface area contributed by atoms with E-state index in [4.69, 9.17) is 18.9 Å². The third kappa shape index (κ3) is 11.4. The number of benzene rings is 7. The second-order valence-electron chi connectivity index (χ2n) is 17.9. The average molecular weight is 863 g/mol. The van der Waals surface area contributed by atoms with E-state index in [1.807, 2.05) is 97.1 Å². The van der Waals surface area contributed by atoms with Crippen molar-refractivity contribution in [1.29, 1.82) is 0 Å². The molecular formula is C62H54O4. The van der Waals surface area contributed by atoms with Gasteiger partial charge >= 0.3 is 0 Å². The fourth-order valence-electron chi connectivity index (χ4n) is 7.23. The largest absolute Gasteiger partial charge is 0.497 e. The van der Waals surface area contributed by atoms with Gasteiger partial charge in [-0.3, -0.25) is 0 Å². The maximum absolute atomic E-state index is 5.42. The van der Waals surface area contributed by atoms with E-state index in [0.717, 1.165) is 101 Å². The number of hydrogen-bond acceptors (Lipinski definition) is 4. The van der Waals surface area contributed by atoms with Gasteiger partial charge in [-0.2, -0.15) is 0 Å². The molecule has 0 spiro atoms. The third-order valence-corrected chi connectivity index (χ3v) is 11.2. The predicted octanol–water partition coefficient (Wildman–Crippen LogP) is 13.2. The van der Waals surface area contributed by atoms with Crippen LogP contribution in [0, 0.1) is 47.4 Å². The van der Waals surface area contributed by atoms with E-state index in [9.17, 15) is 0 Å². The summed E-state index contributed by atoms with van der Waals surface area (Å²) < 4.78 is 21.7. The lowest BCUT2D eigenvalue weighted by Crippen LogP contribution is -2.12. The van der Waals surface area contributed by atoms with Crippen LogP contribution >= 0.6 is 0 Å². The summed E-state index contributed by atoms with van der Waals surface area (Å²) in [7, 11) is 6.66. The van der Waals surface area contributed by atoms with Crippen molar-refractivity contribution in [1.82, 2.24) is 0 Å². The molecule has 0 saturated carbocycles. The zero-order valence-electron chi connectivity index (χ0n) is 39.5. The molecule has 0 aromatic heterocycles. The molecule has 0 saturated heterocycles. The number of rotatable bonds is 6. The average Bonchev–Trinajstić information content (AvgIpc) is 3.33. The fourth-order valence-corrected chi connectivity index (χ4v) is 7.23. The Bertz CT molecular complexity index is 2710.